The Kier molecular flexibility index (Phi) is 4.30. The molecule has 2 aromatic rings. The Labute approximate surface area is 116 Å². The second-order valence-corrected chi connectivity index (χ2v) is 4.13. The van der Waals surface area contributed by atoms with E-state index >= 15 is 0 Å². The number of ether oxygens (including phenoxy) is 1. The van der Waals surface area contributed by atoms with Gasteiger partial charge >= 0.3 is 0 Å². The Morgan fingerprint density at radius 3 is 2.60 bits per heavy atom. The summed E-state index contributed by atoms with van der Waals surface area (Å²) in [7, 11) is 0. The van der Waals surface area contributed by atoms with Crippen LogP contribution in [0.3, 0.4) is 0 Å². The summed E-state index contributed by atoms with van der Waals surface area (Å²) >= 11 is 0. The van der Waals surface area contributed by atoms with E-state index in [0.29, 0.717) is 12.4 Å². The Morgan fingerprint density at radius 2 is 1.95 bits per heavy atom. The van der Waals surface area contributed by atoms with Crippen LogP contribution < -0.4 is 4.74 Å². The van der Waals surface area contributed by atoms with E-state index in [0.717, 1.165) is 12.0 Å². The van der Waals surface area contributed by atoms with Gasteiger partial charge in [-0.15, -0.1) is 0 Å². The highest BCUT2D eigenvalue weighted by atomic mass is 16.6. The van der Waals surface area contributed by atoms with Crippen LogP contribution in [0, 0.1) is 21.4 Å². The maximum atomic E-state index is 10.7. The van der Waals surface area contributed by atoms with E-state index in [-0.39, 0.29) is 11.3 Å². The molecule has 5 heteroatoms. The van der Waals surface area contributed by atoms with Crippen LogP contribution in [0.4, 0.5) is 5.69 Å². The lowest BCUT2D eigenvalue weighted by molar-refractivity contribution is -0.385. The lowest BCUT2D eigenvalue weighted by atomic mass is 10.1. The van der Waals surface area contributed by atoms with E-state index in [1.54, 1.807) is 6.07 Å². The Balaban J connectivity index is 2.00. The normalized spacial score (nSPS) is 9.75. The van der Waals surface area contributed by atoms with Crippen molar-refractivity contribution < 1.29 is 9.66 Å². The third-order valence-electron chi connectivity index (χ3n) is 2.79. The van der Waals surface area contributed by atoms with Gasteiger partial charge < -0.3 is 4.74 Å². The van der Waals surface area contributed by atoms with Crippen molar-refractivity contribution in [2.75, 3.05) is 6.61 Å². The number of rotatable bonds is 5. The summed E-state index contributed by atoms with van der Waals surface area (Å²) in [4.78, 5) is 10.1. The molecule has 0 amide bonds. The van der Waals surface area contributed by atoms with Crippen LogP contribution in [0.1, 0.15) is 11.1 Å². The monoisotopic (exact) mass is 268 g/mol. The molecule has 0 N–H and O–H groups in total. The summed E-state index contributed by atoms with van der Waals surface area (Å²) in [6.45, 7) is 0.451. The summed E-state index contributed by atoms with van der Waals surface area (Å²) < 4.78 is 5.51. The summed E-state index contributed by atoms with van der Waals surface area (Å²) in [6.07, 6.45) is 0.736. The fourth-order valence-corrected chi connectivity index (χ4v) is 1.79. The van der Waals surface area contributed by atoms with E-state index in [1.807, 2.05) is 30.3 Å². The summed E-state index contributed by atoms with van der Waals surface area (Å²) in [5, 5.41) is 19.6. The molecule has 2 aromatic carbocycles. The van der Waals surface area contributed by atoms with Crippen LogP contribution in [0.2, 0.25) is 0 Å². The van der Waals surface area contributed by atoms with Gasteiger partial charge in [0.05, 0.1) is 11.5 Å². The van der Waals surface area contributed by atoms with Crippen molar-refractivity contribution in [2.45, 2.75) is 6.42 Å². The fourth-order valence-electron chi connectivity index (χ4n) is 1.79. The van der Waals surface area contributed by atoms with Crippen molar-refractivity contribution in [3.8, 4) is 11.8 Å². The molecular weight excluding hydrogens is 256 g/mol. The topological polar surface area (TPSA) is 76.2 Å². The van der Waals surface area contributed by atoms with Gasteiger partial charge in [-0.05, 0) is 11.6 Å². The second-order valence-electron chi connectivity index (χ2n) is 4.13. The standard InChI is InChI=1S/C15H12N2O3/c16-11-13-10-14(6-7-15(13)17(18)19)20-9-8-12-4-2-1-3-5-12/h1-7,10H,8-9H2. The quantitative estimate of drug-likeness (QED) is 0.616. The van der Waals surface area contributed by atoms with Crippen LogP contribution in [0.15, 0.2) is 48.5 Å². The summed E-state index contributed by atoms with van der Waals surface area (Å²) in [5.41, 5.74) is 0.949. The van der Waals surface area contributed by atoms with Crippen molar-refractivity contribution in [1.82, 2.24) is 0 Å². The van der Waals surface area contributed by atoms with E-state index in [2.05, 4.69) is 0 Å². The van der Waals surface area contributed by atoms with Gasteiger partial charge in [0.1, 0.15) is 17.4 Å². The molecule has 0 aliphatic heterocycles. The highest BCUT2D eigenvalue weighted by Gasteiger charge is 2.14. The van der Waals surface area contributed by atoms with Crippen molar-refractivity contribution in [3.05, 3.63) is 69.8 Å². The summed E-state index contributed by atoms with van der Waals surface area (Å²) in [6, 6.07) is 15.8. The van der Waals surface area contributed by atoms with Crippen molar-refractivity contribution >= 4 is 5.69 Å². The minimum atomic E-state index is -0.577. The predicted octanol–water partition coefficient (Wildman–Crippen LogP) is 3.09. The molecule has 0 fully saturated rings. The first-order chi connectivity index (χ1) is 9.70. The largest absolute Gasteiger partial charge is 0.493 e. The minimum absolute atomic E-state index is 0.00668. The molecule has 2 rings (SSSR count). The molecule has 5 nitrogen and oxygen atoms in total. The summed E-state index contributed by atoms with van der Waals surface area (Å²) in [5.74, 6) is 0.461. The molecule has 0 aliphatic rings. The number of hydrogen-bond donors (Lipinski definition) is 0. The van der Waals surface area contributed by atoms with E-state index in [9.17, 15) is 10.1 Å². The third kappa shape index (κ3) is 3.33. The van der Waals surface area contributed by atoms with Crippen molar-refractivity contribution in [1.29, 1.82) is 5.26 Å². The zero-order valence-electron chi connectivity index (χ0n) is 10.7. The van der Waals surface area contributed by atoms with Gasteiger partial charge in [0, 0.05) is 18.6 Å². The fraction of sp³-hybridized carbons (Fsp3) is 0.133. The molecule has 0 unspecified atom stereocenters. The molecule has 0 saturated carbocycles. The second kappa shape index (κ2) is 6.34. The number of benzene rings is 2. The van der Waals surface area contributed by atoms with Gasteiger partial charge in [-0.1, -0.05) is 30.3 Å². The van der Waals surface area contributed by atoms with Crippen LogP contribution in [-0.4, -0.2) is 11.5 Å². The van der Waals surface area contributed by atoms with Crippen LogP contribution in [-0.2, 0) is 6.42 Å². The number of nitriles is 1. The van der Waals surface area contributed by atoms with Crippen LogP contribution >= 0.6 is 0 Å². The molecule has 0 aromatic heterocycles. The molecule has 0 radical (unpaired) electrons. The average molecular weight is 268 g/mol. The van der Waals surface area contributed by atoms with E-state index < -0.39 is 4.92 Å². The minimum Gasteiger partial charge on any atom is -0.493 e. The van der Waals surface area contributed by atoms with Crippen LogP contribution in [0.25, 0.3) is 0 Å². The Hall–Kier alpha value is -2.87. The Bertz CT molecular complexity index is 648. The number of nitro groups is 1. The molecule has 0 bridgehead atoms. The molecule has 20 heavy (non-hydrogen) atoms. The van der Waals surface area contributed by atoms with Gasteiger partial charge in [-0.3, -0.25) is 10.1 Å². The molecular formula is C15H12N2O3. The number of hydrogen-bond acceptors (Lipinski definition) is 4. The zero-order valence-corrected chi connectivity index (χ0v) is 10.7. The lowest BCUT2D eigenvalue weighted by Crippen LogP contribution is -2.02. The third-order valence-corrected chi connectivity index (χ3v) is 2.79. The first kappa shape index (κ1) is 13.6. The number of nitro benzene ring substituents is 1. The lowest BCUT2D eigenvalue weighted by Gasteiger charge is -2.06. The smallest absolute Gasteiger partial charge is 0.287 e. The average Bonchev–Trinajstić information content (AvgIpc) is 2.48. The van der Waals surface area contributed by atoms with Crippen molar-refractivity contribution in [3.63, 3.8) is 0 Å². The van der Waals surface area contributed by atoms with Gasteiger partial charge in [0.15, 0.2) is 0 Å². The molecule has 100 valence electrons. The van der Waals surface area contributed by atoms with E-state index in [4.69, 9.17) is 10.00 Å². The number of nitrogens with zero attached hydrogens (tertiary/aromatic N) is 2. The molecule has 0 atom stereocenters. The Morgan fingerprint density at radius 1 is 1.20 bits per heavy atom. The van der Waals surface area contributed by atoms with Gasteiger partial charge in [-0.25, -0.2) is 0 Å². The highest BCUT2D eigenvalue weighted by Crippen LogP contribution is 2.23. The molecule has 0 heterocycles. The first-order valence-corrected chi connectivity index (χ1v) is 6.06. The maximum absolute atomic E-state index is 10.7. The zero-order chi connectivity index (χ0) is 14.4. The maximum Gasteiger partial charge on any atom is 0.287 e. The van der Waals surface area contributed by atoms with Crippen molar-refractivity contribution in [2.24, 2.45) is 0 Å². The SMILES string of the molecule is N#Cc1cc(OCCc2ccccc2)ccc1[N+](=O)[O-]. The molecule has 0 aliphatic carbocycles. The first-order valence-electron chi connectivity index (χ1n) is 6.06. The van der Waals surface area contributed by atoms with Gasteiger partial charge in [-0.2, -0.15) is 5.26 Å². The van der Waals surface area contributed by atoms with Gasteiger partial charge in [0.2, 0.25) is 0 Å². The van der Waals surface area contributed by atoms with Crippen LogP contribution in [0.5, 0.6) is 5.75 Å². The predicted molar refractivity (Wildman–Crippen MR) is 73.5 cm³/mol. The molecule has 0 saturated heterocycles. The van der Waals surface area contributed by atoms with Gasteiger partial charge in [0.25, 0.3) is 5.69 Å². The molecule has 0 spiro atoms. The van der Waals surface area contributed by atoms with E-state index in [1.165, 1.54) is 18.2 Å². The highest BCUT2D eigenvalue weighted by molar-refractivity contribution is 5.52.